The highest BCUT2D eigenvalue weighted by Crippen LogP contribution is 2.18. The predicted octanol–water partition coefficient (Wildman–Crippen LogP) is 3.50. The van der Waals surface area contributed by atoms with Crippen molar-refractivity contribution in [3.63, 3.8) is 0 Å². The second-order valence-electron chi connectivity index (χ2n) is 4.86. The molecule has 1 N–H and O–H groups in total. The zero-order chi connectivity index (χ0) is 14.6. The minimum atomic E-state index is -3.38. The van der Waals surface area contributed by atoms with Gasteiger partial charge in [0.2, 0.25) is 10.0 Å². The van der Waals surface area contributed by atoms with Crippen LogP contribution in [0, 0.1) is 6.92 Å². The van der Waals surface area contributed by atoms with Crippen LogP contribution >= 0.6 is 0 Å². The van der Waals surface area contributed by atoms with E-state index in [0.717, 1.165) is 23.1 Å². The van der Waals surface area contributed by atoms with Gasteiger partial charge in [-0.15, -0.1) is 0 Å². The molecule has 0 aromatic heterocycles. The molecule has 0 spiro atoms. The standard InChI is InChI=1S/C16H19NO2S/c1-3-15-6-4-5-7-16(15)17-20(18,19)12-14-10-8-13(2)9-11-14/h4-11,17H,3,12H2,1-2H3. The fourth-order valence-corrected chi connectivity index (χ4v) is 3.27. The van der Waals surface area contributed by atoms with E-state index in [-0.39, 0.29) is 5.75 Å². The van der Waals surface area contributed by atoms with Gasteiger partial charge in [-0.1, -0.05) is 55.0 Å². The van der Waals surface area contributed by atoms with E-state index in [4.69, 9.17) is 0 Å². The number of nitrogens with one attached hydrogen (secondary N) is 1. The van der Waals surface area contributed by atoms with Crippen LogP contribution < -0.4 is 4.72 Å². The fraction of sp³-hybridized carbons (Fsp3) is 0.250. The van der Waals surface area contributed by atoms with E-state index in [2.05, 4.69) is 4.72 Å². The normalized spacial score (nSPS) is 11.3. The molecule has 0 aliphatic heterocycles. The van der Waals surface area contributed by atoms with Crippen molar-refractivity contribution in [2.45, 2.75) is 26.0 Å². The number of hydrogen-bond acceptors (Lipinski definition) is 2. The maximum atomic E-state index is 12.2. The Bertz CT molecular complexity index is 676. The monoisotopic (exact) mass is 289 g/mol. The maximum Gasteiger partial charge on any atom is 0.236 e. The van der Waals surface area contributed by atoms with Gasteiger partial charge in [-0.2, -0.15) is 0 Å². The Balaban J connectivity index is 2.17. The highest BCUT2D eigenvalue weighted by Gasteiger charge is 2.13. The first-order chi connectivity index (χ1) is 9.50. The third kappa shape index (κ3) is 3.84. The number of aryl methyl sites for hydroxylation is 2. The van der Waals surface area contributed by atoms with Crippen molar-refractivity contribution in [2.24, 2.45) is 0 Å². The zero-order valence-electron chi connectivity index (χ0n) is 11.8. The Labute approximate surface area is 120 Å². The topological polar surface area (TPSA) is 46.2 Å². The highest BCUT2D eigenvalue weighted by atomic mass is 32.2. The van der Waals surface area contributed by atoms with Gasteiger partial charge in [-0.3, -0.25) is 4.72 Å². The van der Waals surface area contributed by atoms with Crippen molar-refractivity contribution in [1.29, 1.82) is 0 Å². The molecule has 2 rings (SSSR count). The maximum absolute atomic E-state index is 12.2. The molecule has 2 aromatic rings. The molecule has 0 bridgehead atoms. The summed E-state index contributed by atoms with van der Waals surface area (Å²) >= 11 is 0. The van der Waals surface area contributed by atoms with Crippen LogP contribution in [0.1, 0.15) is 23.6 Å². The van der Waals surface area contributed by atoms with Crippen molar-refractivity contribution >= 4 is 15.7 Å². The summed E-state index contributed by atoms with van der Waals surface area (Å²) < 4.78 is 27.1. The number of hydrogen-bond donors (Lipinski definition) is 1. The SMILES string of the molecule is CCc1ccccc1NS(=O)(=O)Cc1ccc(C)cc1. The Morgan fingerprint density at radius 1 is 1.00 bits per heavy atom. The lowest BCUT2D eigenvalue weighted by molar-refractivity contribution is 0.600. The molecular weight excluding hydrogens is 270 g/mol. The molecule has 0 atom stereocenters. The minimum absolute atomic E-state index is 0.00860. The molecule has 2 aromatic carbocycles. The van der Waals surface area contributed by atoms with Crippen molar-refractivity contribution in [3.8, 4) is 0 Å². The van der Waals surface area contributed by atoms with E-state index in [1.165, 1.54) is 0 Å². The van der Waals surface area contributed by atoms with Gasteiger partial charge in [0.25, 0.3) is 0 Å². The van der Waals surface area contributed by atoms with Gasteiger partial charge in [-0.05, 0) is 30.5 Å². The molecule has 0 heterocycles. The summed E-state index contributed by atoms with van der Waals surface area (Å²) in [7, 11) is -3.38. The van der Waals surface area contributed by atoms with Crippen LogP contribution in [0.25, 0.3) is 0 Å². The van der Waals surface area contributed by atoms with Crippen LogP contribution in [0.15, 0.2) is 48.5 Å². The summed E-state index contributed by atoms with van der Waals surface area (Å²) in [5.74, 6) is -0.00860. The lowest BCUT2D eigenvalue weighted by Crippen LogP contribution is -2.16. The minimum Gasteiger partial charge on any atom is -0.283 e. The second-order valence-corrected chi connectivity index (χ2v) is 6.58. The Morgan fingerprint density at radius 3 is 2.30 bits per heavy atom. The first kappa shape index (κ1) is 14.6. The van der Waals surface area contributed by atoms with E-state index in [0.29, 0.717) is 5.69 Å². The van der Waals surface area contributed by atoms with Gasteiger partial charge >= 0.3 is 0 Å². The molecule has 4 heteroatoms. The number of rotatable bonds is 5. The molecule has 106 valence electrons. The molecule has 0 aliphatic carbocycles. The average Bonchev–Trinajstić information content (AvgIpc) is 2.41. The number of para-hydroxylation sites is 1. The molecule has 0 amide bonds. The van der Waals surface area contributed by atoms with Gasteiger partial charge < -0.3 is 0 Å². The Hall–Kier alpha value is -1.81. The third-order valence-electron chi connectivity index (χ3n) is 3.14. The van der Waals surface area contributed by atoms with Gasteiger partial charge in [0.05, 0.1) is 11.4 Å². The van der Waals surface area contributed by atoms with E-state index >= 15 is 0 Å². The first-order valence-corrected chi connectivity index (χ1v) is 8.29. The third-order valence-corrected chi connectivity index (χ3v) is 4.39. The summed E-state index contributed by atoms with van der Waals surface area (Å²) in [5, 5.41) is 0. The summed E-state index contributed by atoms with van der Waals surface area (Å²) in [4.78, 5) is 0. The van der Waals surface area contributed by atoms with Crippen molar-refractivity contribution in [1.82, 2.24) is 0 Å². The van der Waals surface area contributed by atoms with Crippen LogP contribution in [0.5, 0.6) is 0 Å². The largest absolute Gasteiger partial charge is 0.283 e. The molecule has 20 heavy (non-hydrogen) atoms. The van der Waals surface area contributed by atoms with E-state index in [1.807, 2.05) is 56.3 Å². The van der Waals surface area contributed by atoms with Crippen molar-refractivity contribution in [3.05, 3.63) is 65.2 Å². The van der Waals surface area contributed by atoms with Gasteiger partial charge in [0, 0.05) is 0 Å². The number of sulfonamides is 1. The van der Waals surface area contributed by atoms with Crippen LogP contribution in [0.2, 0.25) is 0 Å². The van der Waals surface area contributed by atoms with Gasteiger partial charge in [0.1, 0.15) is 0 Å². The summed E-state index contributed by atoms with van der Waals surface area (Å²) in [6.07, 6.45) is 0.795. The summed E-state index contributed by atoms with van der Waals surface area (Å²) in [5.41, 5.74) is 3.58. The lowest BCUT2D eigenvalue weighted by Gasteiger charge is -2.11. The highest BCUT2D eigenvalue weighted by molar-refractivity contribution is 7.91. The van der Waals surface area contributed by atoms with Crippen LogP contribution in [0.4, 0.5) is 5.69 Å². The van der Waals surface area contributed by atoms with Crippen LogP contribution in [-0.4, -0.2) is 8.42 Å². The molecular formula is C16H19NO2S. The van der Waals surface area contributed by atoms with Crippen molar-refractivity contribution in [2.75, 3.05) is 4.72 Å². The average molecular weight is 289 g/mol. The Kier molecular flexibility index (Phi) is 4.45. The van der Waals surface area contributed by atoms with E-state index in [1.54, 1.807) is 6.07 Å². The Morgan fingerprint density at radius 2 is 1.65 bits per heavy atom. The smallest absolute Gasteiger partial charge is 0.236 e. The fourth-order valence-electron chi connectivity index (χ4n) is 2.04. The molecule has 0 fully saturated rings. The van der Waals surface area contributed by atoms with E-state index in [9.17, 15) is 8.42 Å². The molecule has 0 unspecified atom stereocenters. The molecule has 0 aliphatic rings. The van der Waals surface area contributed by atoms with Crippen LogP contribution in [0.3, 0.4) is 0 Å². The first-order valence-electron chi connectivity index (χ1n) is 6.64. The zero-order valence-corrected chi connectivity index (χ0v) is 12.6. The molecule has 0 radical (unpaired) electrons. The lowest BCUT2D eigenvalue weighted by atomic mass is 10.1. The van der Waals surface area contributed by atoms with E-state index < -0.39 is 10.0 Å². The summed E-state index contributed by atoms with van der Waals surface area (Å²) in [6, 6.07) is 15.0. The summed E-state index contributed by atoms with van der Waals surface area (Å²) in [6.45, 7) is 3.99. The van der Waals surface area contributed by atoms with Crippen LogP contribution in [-0.2, 0) is 22.2 Å². The van der Waals surface area contributed by atoms with Crippen molar-refractivity contribution < 1.29 is 8.42 Å². The molecule has 3 nitrogen and oxygen atoms in total. The quantitative estimate of drug-likeness (QED) is 0.915. The second kappa shape index (κ2) is 6.09. The molecule has 0 saturated carbocycles. The number of anilines is 1. The van der Waals surface area contributed by atoms with Gasteiger partial charge in [0.15, 0.2) is 0 Å². The molecule has 0 saturated heterocycles. The predicted molar refractivity (Wildman–Crippen MR) is 83.2 cm³/mol. The number of benzene rings is 2. The van der Waals surface area contributed by atoms with Gasteiger partial charge in [-0.25, -0.2) is 8.42 Å².